The van der Waals surface area contributed by atoms with Gasteiger partial charge in [0.2, 0.25) is 0 Å². The van der Waals surface area contributed by atoms with Gasteiger partial charge in [-0.15, -0.1) is 0 Å². The summed E-state index contributed by atoms with van der Waals surface area (Å²) in [6.45, 7) is 6.73. The molecule has 0 saturated carbocycles. The van der Waals surface area contributed by atoms with Gasteiger partial charge in [-0.1, -0.05) is 30.3 Å². The van der Waals surface area contributed by atoms with E-state index in [2.05, 4.69) is 40.5 Å². The van der Waals surface area contributed by atoms with E-state index in [1.165, 1.54) is 12.0 Å². The average molecular weight is 372 g/mol. The molecule has 0 aliphatic carbocycles. The monoisotopic (exact) mass is 371 g/mol. The van der Waals surface area contributed by atoms with Crippen LogP contribution < -0.4 is 5.32 Å². The molecule has 3 saturated heterocycles. The van der Waals surface area contributed by atoms with E-state index in [1.54, 1.807) is 0 Å². The van der Waals surface area contributed by atoms with Gasteiger partial charge < -0.3 is 19.9 Å². The molecule has 0 radical (unpaired) electrons. The van der Waals surface area contributed by atoms with E-state index >= 15 is 0 Å². The molecule has 5 heteroatoms. The Kier molecular flexibility index (Phi) is 5.98. The maximum atomic E-state index is 12.7. The number of carbonyl (C=O) groups is 1. The summed E-state index contributed by atoms with van der Waals surface area (Å²) in [6.07, 6.45) is 6.66. The lowest BCUT2D eigenvalue weighted by Crippen LogP contribution is -2.49. The molecule has 3 heterocycles. The summed E-state index contributed by atoms with van der Waals surface area (Å²) in [4.78, 5) is 17.2. The number of hydrogen-bond acceptors (Lipinski definition) is 3. The number of rotatable bonds is 4. The number of nitrogens with zero attached hydrogens (tertiary/aromatic N) is 2. The fraction of sp³-hybridized carbons (Fsp3) is 0.682. The molecule has 3 aliphatic heterocycles. The molecule has 1 N–H and O–H groups in total. The molecule has 4 rings (SSSR count). The van der Waals surface area contributed by atoms with Crippen LogP contribution >= 0.6 is 0 Å². The molecule has 1 atom stereocenters. The predicted octanol–water partition coefficient (Wildman–Crippen LogP) is 2.91. The van der Waals surface area contributed by atoms with E-state index in [9.17, 15) is 4.79 Å². The van der Waals surface area contributed by atoms with Crippen molar-refractivity contribution in [2.75, 3.05) is 45.9 Å². The van der Waals surface area contributed by atoms with Crippen molar-refractivity contribution < 1.29 is 9.53 Å². The van der Waals surface area contributed by atoms with E-state index in [4.69, 9.17) is 4.74 Å². The van der Waals surface area contributed by atoms with Crippen molar-refractivity contribution in [2.45, 2.75) is 44.6 Å². The Balaban J connectivity index is 1.17. The second-order valence-electron chi connectivity index (χ2n) is 8.63. The summed E-state index contributed by atoms with van der Waals surface area (Å²) in [7, 11) is 0. The molecule has 1 unspecified atom stereocenters. The number of urea groups is 1. The van der Waals surface area contributed by atoms with Crippen molar-refractivity contribution >= 4 is 6.03 Å². The Labute approximate surface area is 163 Å². The first-order chi connectivity index (χ1) is 13.2. The van der Waals surface area contributed by atoms with E-state index in [1.807, 2.05) is 4.90 Å². The van der Waals surface area contributed by atoms with Gasteiger partial charge in [-0.3, -0.25) is 0 Å². The van der Waals surface area contributed by atoms with Gasteiger partial charge in [0.15, 0.2) is 0 Å². The van der Waals surface area contributed by atoms with Gasteiger partial charge in [0.25, 0.3) is 0 Å². The Bertz CT molecular complexity index is 607. The van der Waals surface area contributed by atoms with Crippen molar-refractivity contribution in [2.24, 2.45) is 5.41 Å². The average Bonchev–Trinajstić information content (AvgIpc) is 3.12. The zero-order valence-corrected chi connectivity index (χ0v) is 16.4. The van der Waals surface area contributed by atoms with Crippen molar-refractivity contribution in [3.8, 4) is 0 Å². The van der Waals surface area contributed by atoms with Crippen LogP contribution in [0.1, 0.15) is 37.7 Å². The van der Waals surface area contributed by atoms with Crippen molar-refractivity contribution in [3.63, 3.8) is 0 Å². The van der Waals surface area contributed by atoms with E-state index < -0.39 is 0 Å². The second kappa shape index (κ2) is 8.61. The van der Waals surface area contributed by atoms with E-state index in [-0.39, 0.29) is 11.4 Å². The van der Waals surface area contributed by atoms with Gasteiger partial charge in [0.05, 0.1) is 6.61 Å². The molecule has 1 aromatic carbocycles. The molecule has 5 nitrogen and oxygen atoms in total. The van der Waals surface area contributed by atoms with Gasteiger partial charge in [-0.05, 0) is 44.1 Å². The maximum Gasteiger partial charge on any atom is 0.317 e. The summed E-state index contributed by atoms with van der Waals surface area (Å²) >= 11 is 0. The van der Waals surface area contributed by atoms with Crippen LogP contribution in [0.4, 0.5) is 4.79 Å². The van der Waals surface area contributed by atoms with Crippen LogP contribution in [0.3, 0.4) is 0 Å². The Morgan fingerprint density at radius 2 is 1.96 bits per heavy atom. The molecule has 0 aromatic heterocycles. The number of hydrogen-bond donors (Lipinski definition) is 1. The largest absolute Gasteiger partial charge is 0.381 e. The van der Waals surface area contributed by atoms with Crippen LogP contribution in [0.25, 0.3) is 0 Å². The number of carbonyl (C=O) groups excluding carboxylic acids is 1. The van der Waals surface area contributed by atoms with Crippen LogP contribution in [-0.4, -0.2) is 67.8 Å². The lowest BCUT2D eigenvalue weighted by Gasteiger charge is -2.34. The predicted molar refractivity (Wildman–Crippen MR) is 107 cm³/mol. The minimum Gasteiger partial charge on any atom is -0.381 e. The Hall–Kier alpha value is -1.59. The topological polar surface area (TPSA) is 44.8 Å². The molecule has 2 amide bonds. The fourth-order valence-corrected chi connectivity index (χ4v) is 4.84. The number of nitrogens with one attached hydrogen (secondary N) is 1. The van der Waals surface area contributed by atoms with Crippen molar-refractivity contribution in [3.05, 3.63) is 35.9 Å². The van der Waals surface area contributed by atoms with Crippen LogP contribution in [0.15, 0.2) is 30.3 Å². The van der Waals surface area contributed by atoms with Crippen LogP contribution in [0.2, 0.25) is 0 Å². The first-order valence-electron chi connectivity index (χ1n) is 10.6. The minimum absolute atomic E-state index is 0.139. The van der Waals surface area contributed by atoms with Crippen LogP contribution in [0, 0.1) is 5.41 Å². The van der Waals surface area contributed by atoms with Gasteiger partial charge in [0, 0.05) is 50.8 Å². The third-order valence-electron chi connectivity index (χ3n) is 6.60. The second-order valence-corrected chi connectivity index (χ2v) is 8.63. The standard InChI is InChI=1S/C22H33N3O2/c26-21(25-15-11-22(17-25)10-4-16-27-18-22)23-20-8-13-24(14-9-20)12-7-19-5-2-1-3-6-19/h1-3,5-6,20H,4,7-18H2,(H,23,26). The highest BCUT2D eigenvalue weighted by atomic mass is 16.5. The molecule has 0 bridgehead atoms. The maximum absolute atomic E-state index is 12.7. The minimum atomic E-state index is 0.139. The number of likely N-dealkylation sites (tertiary alicyclic amines) is 2. The Morgan fingerprint density at radius 1 is 1.15 bits per heavy atom. The number of piperidine rings is 1. The van der Waals surface area contributed by atoms with Gasteiger partial charge >= 0.3 is 6.03 Å². The lowest BCUT2D eigenvalue weighted by atomic mass is 9.82. The smallest absolute Gasteiger partial charge is 0.317 e. The first-order valence-corrected chi connectivity index (χ1v) is 10.6. The molecule has 27 heavy (non-hydrogen) atoms. The third kappa shape index (κ3) is 4.82. The van der Waals surface area contributed by atoms with Crippen molar-refractivity contribution in [1.82, 2.24) is 15.1 Å². The van der Waals surface area contributed by atoms with Crippen molar-refractivity contribution in [1.29, 1.82) is 0 Å². The summed E-state index contributed by atoms with van der Waals surface area (Å²) in [6, 6.07) is 11.2. The molecule has 148 valence electrons. The molecule has 3 fully saturated rings. The van der Waals surface area contributed by atoms with Gasteiger partial charge in [-0.2, -0.15) is 0 Å². The molecule has 1 aromatic rings. The molecule has 3 aliphatic rings. The zero-order valence-electron chi connectivity index (χ0n) is 16.4. The first kappa shape index (κ1) is 18.8. The highest BCUT2D eigenvalue weighted by molar-refractivity contribution is 5.75. The quantitative estimate of drug-likeness (QED) is 0.885. The molecule has 1 spiro atoms. The highest BCUT2D eigenvalue weighted by Crippen LogP contribution is 2.38. The fourth-order valence-electron chi connectivity index (χ4n) is 4.84. The van der Waals surface area contributed by atoms with E-state index in [0.29, 0.717) is 6.04 Å². The lowest BCUT2D eigenvalue weighted by molar-refractivity contribution is -0.000510. The van der Waals surface area contributed by atoms with Gasteiger partial charge in [0.1, 0.15) is 0 Å². The Morgan fingerprint density at radius 3 is 2.70 bits per heavy atom. The molecular formula is C22H33N3O2. The summed E-state index contributed by atoms with van der Waals surface area (Å²) < 4.78 is 5.69. The zero-order chi connectivity index (χ0) is 18.5. The molecular weight excluding hydrogens is 338 g/mol. The van der Waals surface area contributed by atoms with Crippen LogP contribution in [-0.2, 0) is 11.2 Å². The number of ether oxygens (including phenoxy) is 1. The summed E-state index contributed by atoms with van der Waals surface area (Å²) in [5.41, 5.74) is 1.64. The number of benzene rings is 1. The highest BCUT2D eigenvalue weighted by Gasteiger charge is 2.41. The normalized spacial score (nSPS) is 27.2. The summed E-state index contributed by atoms with van der Waals surface area (Å²) in [5.74, 6) is 0. The van der Waals surface area contributed by atoms with E-state index in [0.717, 1.165) is 78.0 Å². The number of amides is 2. The third-order valence-corrected chi connectivity index (χ3v) is 6.60. The SMILES string of the molecule is O=C(NC1CCN(CCc2ccccc2)CC1)N1CCC2(CCCOC2)C1. The van der Waals surface area contributed by atoms with Crippen LogP contribution in [0.5, 0.6) is 0 Å². The summed E-state index contributed by atoms with van der Waals surface area (Å²) in [5, 5.41) is 3.30. The van der Waals surface area contributed by atoms with Gasteiger partial charge in [-0.25, -0.2) is 4.79 Å².